The van der Waals surface area contributed by atoms with Crippen LogP contribution in [0.25, 0.3) is 0 Å². The van der Waals surface area contributed by atoms with Gasteiger partial charge < -0.3 is 20.3 Å². The maximum atomic E-state index is 11.5. The van der Waals surface area contributed by atoms with E-state index in [4.69, 9.17) is 5.11 Å². The predicted molar refractivity (Wildman–Crippen MR) is 58.3 cm³/mol. The van der Waals surface area contributed by atoms with Crippen molar-refractivity contribution in [3.63, 3.8) is 0 Å². The molecule has 2 unspecified atom stereocenters. The van der Waals surface area contributed by atoms with Crippen LogP contribution in [0.4, 0.5) is 4.79 Å². The van der Waals surface area contributed by atoms with E-state index in [2.05, 4.69) is 25.3 Å². The van der Waals surface area contributed by atoms with Crippen molar-refractivity contribution < 1.29 is 19.2 Å². The molecule has 0 saturated heterocycles. The minimum atomic E-state index is -0.886. The third kappa shape index (κ3) is 3.06. The molecule has 0 aliphatic heterocycles. The second kappa shape index (κ2) is 5.30. The number of carboxylic acid groups (broad SMARTS) is 1. The van der Waals surface area contributed by atoms with Crippen LogP contribution in [0.3, 0.4) is 0 Å². The maximum Gasteiger partial charge on any atom is 0.315 e. The van der Waals surface area contributed by atoms with Crippen molar-refractivity contribution in [1.82, 2.24) is 20.8 Å². The van der Waals surface area contributed by atoms with Gasteiger partial charge in [0, 0.05) is 0 Å². The van der Waals surface area contributed by atoms with E-state index in [0.29, 0.717) is 12.2 Å². The number of amides is 2. The highest BCUT2D eigenvalue weighted by molar-refractivity contribution is 5.76. The van der Waals surface area contributed by atoms with E-state index in [0.717, 1.165) is 0 Å². The SMILES string of the molecule is O=C(NCc1ncon1)NC1C=CC(C(=O)O)C1. The van der Waals surface area contributed by atoms with Crippen LogP contribution in [0.2, 0.25) is 0 Å². The Morgan fingerprint density at radius 1 is 1.50 bits per heavy atom. The number of rotatable bonds is 4. The highest BCUT2D eigenvalue weighted by atomic mass is 16.5. The van der Waals surface area contributed by atoms with Crippen molar-refractivity contribution in [1.29, 1.82) is 0 Å². The van der Waals surface area contributed by atoms with E-state index in [-0.39, 0.29) is 12.6 Å². The molecular formula is C10H12N4O4. The molecule has 0 aromatic carbocycles. The van der Waals surface area contributed by atoms with Crippen molar-refractivity contribution >= 4 is 12.0 Å². The lowest BCUT2D eigenvalue weighted by atomic mass is 10.1. The maximum absolute atomic E-state index is 11.5. The van der Waals surface area contributed by atoms with Crippen LogP contribution in [0.5, 0.6) is 0 Å². The first-order valence-corrected chi connectivity index (χ1v) is 5.36. The molecule has 96 valence electrons. The molecule has 1 aliphatic carbocycles. The van der Waals surface area contributed by atoms with E-state index >= 15 is 0 Å². The summed E-state index contributed by atoms with van der Waals surface area (Å²) >= 11 is 0. The van der Waals surface area contributed by atoms with Crippen molar-refractivity contribution in [3.8, 4) is 0 Å². The second-order valence-electron chi connectivity index (χ2n) is 3.85. The first-order chi connectivity index (χ1) is 8.65. The molecule has 2 rings (SSSR count). The van der Waals surface area contributed by atoms with E-state index in [1.807, 2.05) is 0 Å². The Bertz CT molecular complexity index is 456. The highest BCUT2D eigenvalue weighted by Gasteiger charge is 2.25. The zero-order chi connectivity index (χ0) is 13.0. The van der Waals surface area contributed by atoms with Crippen LogP contribution >= 0.6 is 0 Å². The molecule has 0 bridgehead atoms. The number of nitrogens with zero attached hydrogens (tertiary/aromatic N) is 2. The minimum absolute atomic E-state index is 0.154. The summed E-state index contributed by atoms with van der Waals surface area (Å²) in [5.74, 6) is -1.05. The predicted octanol–water partition coefficient (Wildman–Crippen LogP) is -0.102. The third-order valence-corrected chi connectivity index (χ3v) is 2.53. The number of carbonyl (C=O) groups is 2. The number of urea groups is 1. The average Bonchev–Trinajstić information content (AvgIpc) is 2.96. The molecule has 0 radical (unpaired) electrons. The van der Waals surface area contributed by atoms with Gasteiger partial charge in [0.25, 0.3) is 0 Å². The summed E-state index contributed by atoms with van der Waals surface area (Å²) in [4.78, 5) is 25.9. The minimum Gasteiger partial charge on any atom is -0.481 e. The lowest BCUT2D eigenvalue weighted by Gasteiger charge is -2.12. The summed E-state index contributed by atoms with van der Waals surface area (Å²) in [5.41, 5.74) is 0. The van der Waals surface area contributed by atoms with Crippen LogP contribution in [-0.2, 0) is 11.3 Å². The second-order valence-corrected chi connectivity index (χ2v) is 3.85. The smallest absolute Gasteiger partial charge is 0.315 e. The van der Waals surface area contributed by atoms with Gasteiger partial charge in [-0.1, -0.05) is 17.3 Å². The number of aromatic nitrogens is 2. The Morgan fingerprint density at radius 2 is 2.33 bits per heavy atom. The molecular weight excluding hydrogens is 240 g/mol. The zero-order valence-electron chi connectivity index (χ0n) is 9.37. The Morgan fingerprint density at radius 3 is 2.94 bits per heavy atom. The molecule has 1 aromatic rings. The van der Waals surface area contributed by atoms with Gasteiger partial charge in [-0.3, -0.25) is 4.79 Å². The fourth-order valence-electron chi connectivity index (χ4n) is 1.64. The van der Waals surface area contributed by atoms with Crippen LogP contribution < -0.4 is 10.6 Å². The van der Waals surface area contributed by atoms with Gasteiger partial charge in [-0.15, -0.1) is 0 Å². The molecule has 2 amide bonds. The van der Waals surface area contributed by atoms with Gasteiger partial charge in [-0.25, -0.2) is 4.79 Å². The summed E-state index contributed by atoms with van der Waals surface area (Å²) in [5, 5.41) is 17.5. The molecule has 0 spiro atoms. The standard InChI is InChI=1S/C10H12N4O4/c15-9(16)6-1-2-7(3-6)13-10(17)11-4-8-12-5-18-14-8/h1-2,5-7H,3-4H2,(H,15,16)(H2,11,13,17). The summed E-state index contributed by atoms with van der Waals surface area (Å²) < 4.78 is 4.51. The lowest BCUT2D eigenvalue weighted by molar-refractivity contribution is -0.140. The van der Waals surface area contributed by atoms with Crippen LogP contribution in [0.1, 0.15) is 12.2 Å². The van der Waals surface area contributed by atoms with Gasteiger partial charge in [0.05, 0.1) is 18.5 Å². The molecule has 0 fully saturated rings. The molecule has 2 atom stereocenters. The van der Waals surface area contributed by atoms with Gasteiger partial charge in [-0.05, 0) is 6.42 Å². The molecule has 8 nitrogen and oxygen atoms in total. The van der Waals surface area contributed by atoms with Crippen LogP contribution in [0, 0.1) is 5.92 Å². The topological polar surface area (TPSA) is 117 Å². The normalized spacial score (nSPS) is 21.8. The van der Waals surface area contributed by atoms with E-state index < -0.39 is 17.9 Å². The van der Waals surface area contributed by atoms with Gasteiger partial charge in [0.15, 0.2) is 5.82 Å². The molecule has 18 heavy (non-hydrogen) atoms. The van der Waals surface area contributed by atoms with Crippen LogP contribution in [-0.4, -0.2) is 33.3 Å². The lowest BCUT2D eigenvalue weighted by Crippen LogP contribution is -2.40. The Labute approximate surface area is 102 Å². The van der Waals surface area contributed by atoms with Crippen molar-refractivity contribution in [2.75, 3.05) is 0 Å². The number of nitrogens with one attached hydrogen (secondary N) is 2. The number of hydrogen-bond acceptors (Lipinski definition) is 5. The number of hydrogen-bond donors (Lipinski definition) is 3. The quantitative estimate of drug-likeness (QED) is 0.644. The van der Waals surface area contributed by atoms with Crippen molar-refractivity contribution in [2.45, 2.75) is 19.0 Å². The molecule has 8 heteroatoms. The zero-order valence-corrected chi connectivity index (χ0v) is 9.37. The Kier molecular flexibility index (Phi) is 3.56. The van der Waals surface area contributed by atoms with E-state index in [9.17, 15) is 9.59 Å². The molecule has 1 aliphatic rings. The van der Waals surface area contributed by atoms with Crippen LogP contribution in [0.15, 0.2) is 23.1 Å². The van der Waals surface area contributed by atoms with Gasteiger partial charge in [0.1, 0.15) is 0 Å². The van der Waals surface area contributed by atoms with E-state index in [1.165, 1.54) is 6.39 Å². The average molecular weight is 252 g/mol. The summed E-state index contributed by atoms with van der Waals surface area (Å²) in [7, 11) is 0. The molecule has 3 N–H and O–H groups in total. The first-order valence-electron chi connectivity index (χ1n) is 5.36. The Hall–Kier alpha value is -2.38. The largest absolute Gasteiger partial charge is 0.481 e. The monoisotopic (exact) mass is 252 g/mol. The highest BCUT2D eigenvalue weighted by Crippen LogP contribution is 2.17. The van der Waals surface area contributed by atoms with Gasteiger partial charge in [0.2, 0.25) is 6.39 Å². The number of carboxylic acids is 1. The van der Waals surface area contributed by atoms with Gasteiger partial charge >= 0.3 is 12.0 Å². The fraction of sp³-hybridized carbons (Fsp3) is 0.400. The first kappa shape index (κ1) is 12.1. The number of aliphatic carboxylic acids is 1. The summed E-state index contributed by atoms with van der Waals surface area (Å²) in [6.07, 6.45) is 4.79. The number of carbonyl (C=O) groups excluding carboxylic acids is 1. The van der Waals surface area contributed by atoms with Gasteiger partial charge in [-0.2, -0.15) is 4.98 Å². The molecule has 0 saturated carbocycles. The summed E-state index contributed by atoms with van der Waals surface area (Å²) in [6, 6.07) is -0.670. The molecule has 1 aromatic heterocycles. The van der Waals surface area contributed by atoms with Crippen molar-refractivity contribution in [2.24, 2.45) is 5.92 Å². The molecule has 1 heterocycles. The Balaban J connectivity index is 1.72. The summed E-state index contributed by atoms with van der Waals surface area (Å²) in [6.45, 7) is 0.154. The van der Waals surface area contributed by atoms with Crippen molar-refractivity contribution in [3.05, 3.63) is 24.4 Å². The van der Waals surface area contributed by atoms with E-state index in [1.54, 1.807) is 12.2 Å². The third-order valence-electron chi connectivity index (χ3n) is 2.53. The fourth-order valence-corrected chi connectivity index (χ4v) is 1.64.